The minimum Gasteiger partial charge on any atom is -0.380 e. The van der Waals surface area contributed by atoms with E-state index < -0.39 is 0 Å². The molecule has 3 N–H and O–H groups in total. The van der Waals surface area contributed by atoms with E-state index in [9.17, 15) is 0 Å². The lowest BCUT2D eigenvalue weighted by Gasteiger charge is -2.43. The van der Waals surface area contributed by atoms with Crippen LogP contribution in [0.5, 0.6) is 0 Å². The predicted octanol–water partition coefficient (Wildman–Crippen LogP) is -0.196. The first-order valence-electron chi connectivity index (χ1n) is 7.13. The Labute approximate surface area is 105 Å². The summed E-state index contributed by atoms with van der Waals surface area (Å²) in [4.78, 5) is 5.20. The molecule has 2 fully saturated rings. The minimum atomic E-state index is 0.475. The van der Waals surface area contributed by atoms with Crippen molar-refractivity contribution in [2.75, 3.05) is 46.4 Å². The van der Waals surface area contributed by atoms with Gasteiger partial charge in [-0.1, -0.05) is 12.8 Å². The molecule has 0 spiro atoms. The fraction of sp³-hybridized carbons (Fsp3) is 1.00. The Hall–Kier alpha value is -0.160. The Morgan fingerprint density at radius 2 is 1.82 bits per heavy atom. The molecule has 1 aliphatic heterocycles. The van der Waals surface area contributed by atoms with Crippen molar-refractivity contribution in [2.24, 2.45) is 0 Å². The lowest BCUT2D eigenvalue weighted by Crippen LogP contribution is -2.59. The highest BCUT2D eigenvalue weighted by atomic mass is 16.5. The van der Waals surface area contributed by atoms with E-state index in [1.54, 1.807) is 0 Å². The second-order valence-electron chi connectivity index (χ2n) is 5.36. The van der Waals surface area contributed by atoms with Gasteiger partial charge in [0.2, 0.25) is 0 Å². The van der Waals surface area contributed by atoms with E-state index in [0.29, 0.717) is 12.1 Å². The summed E-state index contributed by atoms with van der Waals surface area (Å²) in [6.45, 7) is 7.04. The quantitative estimate of drug-likeness (QED) is 0.743. The number of rotatable bonds is 4. The molecule has 0 bridgehead atoms. The lowest BCUT2D eigenvalue weighted by atomic mass is 9.91. The maximum absolute atomic E-state index is 5.67. The average molecular weight is 242 g/mol. The molecule has 1 saturated heterocycles. The minimum absolute atomic E-state index is 0.475. The molecule has 1 saturated carbocycles. The predicted molar refractivity (Wildman–Crippen MR) is 68.8 cm³/mol. The highest BCUT2D eigenvalue weighted by molar-refractivity contribution is 4.86. The SMILES string of the molecule is COC1CCCCC1N1CCN(CC[NH3+])CC1. The van der Waals surface area contributed by atoms with Gasteiger partial charge in [0.1, 0.15) is 0 Å². The van der Waals surface area contributed by atoms with Crippen molar-refractivity contribution in [3.8, 4) is 0 Å². The summed E-state index contributed by atoms with van der Waals surface area (Å²) in [6, 6.07) is 0.677. The molecule has 4 nitrogen and oxygen atoms in total. The Bertz CT molecular complexity index is 217. The Morgan fingerprint density at radius 1 is 1.12 bits per heavy atom. The molecule has 100 valence electrons. The third-order valence-electron chi connectivity index (χ3n) is 4.32. The van der Waals surface area contributed by atoms with E-state index in [1.165, 1.54) is 51.9 Å². The van der Waals surface area contributed by atoms with Crippen LogP contribution in [0, 0.1) is 0 Å². The van der Waals surface area contributed by atoms with Gasteiger partial charge >= 0.3 is 0 Å². The summed E-state index contributed by atoms with van der Waals surface area (Å²) in [5.41, 5.74) is 3.94. The normalized spacial score (nSPS) is 32.8. The van der Waals surface area contributed by atoms with Gasteiger partial charge < -0.3 is 10.5 Å². The summed E-state index contributed by atoms with van der Waals surface area (Å²) in [5.74, 6) is 0. The Kier molecular flexibility index (Phi) is 5.22. The van der Waals surface area contributed by atoms with Crippen molar-refractivity contribution in [1.82, 2.24) is 9.80 Å². The van der Waals surface area contributed by atoms with Crippen molar-refractivity contribution in [2.45, 2.75) is 37.8 Å². The molecule has 2 atom stereocenters. The van der Waals surface area contributed by atoms with E-state index in [-0.39, 0.29) is 0 Å². The van der Waals surface area contributed by atoms with E-state index in [0.717, 1.165) is 13.1 Å². The van der Waals surface area contributed by atoms with E-state index in [1.807, 2.05) is 7.11 Å². The number of hydrogen-bond donors (Lipinski definition) is 1. The molecular formula is C13H28N3O+. The number of ether oxygens (including phenoxy) is 1. The Balaban J connectivity index is 1.82. The monoisotopic (exact) mass is 242 g/mol. The molecular weight excluding hydrogens is 214 g/mol. The van der Waals surface area contributed by atoms with Gasteiger partial charge in [-0.2, -0.15) is 0 Å². The van der Waals surface area contributed by atoms with Crippen LogP contribution in [-0.2, 0) is 4.74 Å². The molecule has 4 heteroatoms. The van der Waals surface area contributed by atoms with Gasteiger partial charge in [-0.25, -0.2) is 0 Å². The molecule has 1 heterocycles. The number of nitrogens with zero attached hydrogens (tertiary/aromatic N) is 2. The number of methoxy groups -OCH3 is 1. The van der Waals surface area contributed by atoms with Crippen LogP contribution in [0.2, 0.25) is 0 Å². The molecule has 0 aromatic rings. The zero-order valence-electron chi connectivity index (χ0n) is 11.2. The van der Waals surface area contributed by atoms with Gasteiger partial charge in [0, 0.05) is 45.9 Å². The average Bonchev–Trinajstić information content (AvgIpc) is 2.40. The lowest BCUT2D eigenvalue weighted by molar-refractivity contribution is -0.369. The van der Waals surface area contributed by atoms with Gasteiger partial charge in [-0.3, -0.25) is 9.80 Å². The molecule has 0 aromatic carbocycles. The van der Waals surface area contributed by atoms with Gasteiger partial charge in [0.05, 0.1) is 12.6 Å². The largest absolute Gasteiger partial charge is 0.380 e. The third-order valence-corrected chi connectivity index (χ3v) is 4.32. The van der Waals surface area contributed by atoms with Crippen molar-refractivity contribution in [1.29, 1.82) is 0 Å². The smallest absolute Gasteiger partial charge is 0.0869 e. The summed E-state index contributed by atoms with van der Waals surface area (Å²) in [6.07, 6.45) is 5.77. The van der Waals surface area contributed by atoms with E-state index in [2.05, 4.69) is 15.5 Å². The summed E-state index contributed by atoms with van der Waals surface area (Å²) in [7, 11) is 1.88. The number of piperazine rings is 1. The van der Waals surface area contributed by atoms with Crippen LogP contribution in [0.15, 0.2) is 0 Å². The second-order valence-corrected chi connectivity index (χ2v) is 5.36. The van der Waals surface area contributed by atoms with Crippen molar-refractivity contribution < 1.29 is 10.5 Å². The maximum Gasteiger partial charge on any atom is 0.0869 e. The Morgan fingerprint density at radius 3 is 2.47 bits per heavy atom. The first kappa shape index (κ1) is 13.3. The van der Waals surface area contributed by atoms with E-state index >= 15 is 0 Å². The van der Waals surface area contributed by atoms with Gasteiger partial charge in [-0.05, 0) is 12.8 Å². The third kappa shape index (κ3) is 3.41. The number of hydrogen-bond acceptors (Lipinski definition) is 3. The van der Waals surface area contributed by atoms with Crippen molar-refractivity contribution >= 4 is 0 Å². The second kappa shape index (κ2) is 6.69. The van der Waals surface area contributed by atoms with E-state index in [4.69, 9.17) is 4.74 Å². The summed E-state index contributed by atoms with van der Waals surface area (Å²) >= 11 is 0. The summed E-state index contributed by atoms with van der Waals surface area (Å²) < 4.78 is 5.67. The van der Waals surface area contributed by atoms with Crippen LogP contribution in [-0.4, -0.2) is 68.3 Å². The molecule has 17 heavy (non-hydrogen) atoms. The molecule has 1 aliphatic carbocycles. The highest BCUT2D eigenvalue weighted by Gasteiger charge is 2.31. The standard InChI is InChI=1S/C13H27N3O/c1-17-13-5-3-2-4-12(13)16-10-8-15(7-6-14)9-11-16/h12-13H,2-11,14H2,1H3/p+1. The van der Waals surface area contributed by atoms with Gasteiger partial charge in [-0.15, -0.1) is 0 Å². The molecule has 2 aliphatic rings. The van der Waals surface area contributed by atoms with Gasteiger partial charge in [0.25, 0.3) is 0 Å². The highest BCUT2D eigenvalue weighted by Crippen LogP contribution is 2.25. The zero-order valence-corrected chi connectivity index (χ0v) is 11.2. The van der Waals surface area contributed by atoms with Crippen molar-refractivity contribution in [3.63, 3.8) is 0 Å². The van der Waals surface area contributed by atoms with Gasteiger partial charge in [0.15, 0.2) is 0 Å². The topological polar surface area (TPSA) is 43.4 Å². The zero-order chi connectivity index (χ0) is 12.1. The maximum atomic E-state index is 5.67. The van der Waals surface area contributed by atoms with Crippen LogP contribution in [0.3, 0.4) is 0 Å². The van der Waals surface area contributed by atoms with Crippen LogP contribution < -0.4 is 5.73 Å². The van der Waals surface area contributed by atoms with Crippen molar-refractivity contribution in [3.05, 3.63) is 0 Å². The molecule has 0 aromatic heterocycles. The molecule has 2 unspecified atom stereocenters. The fourth-order valence-electron chi connectivity index (χ4n) is 3.31. The molecule has 0 radical (unpaired) electrons. The first-order valence-corrected chi connectivity index (χ1v) is 7.13. The molecule has 0 amide bonds. The van der Waals surface area contributed by atoms with Crippen LogP contribution in [0.1, 0.15) is 25.7 Å². The summed E-state index contributed by atoms with van der Waals surface area (Å²) in [5, 5.41) is 0. The van der Waals surface area contributed by atoms with Crippen LogP contribution >= 0.6 is 0 Å². The van der Waals surface area contributed by atoms with Crippen LogP contribution in [0.25, 0.3) is 0 Å². The first-order chi connectivity index (χ1) is 8.35. The fourth-order valence-corrected chi connectivity index (χ4v) is 3.31. The molecule has 2 rings (SSSR count). The number of quaternary nitrogens is 1. The van der Waals surface area contributed by atoms with Crippen LogP contribution in [0.4, 0.5) is 0 Å².